The smallest absolute Gasteiger partial charge is 0.188 e. The number of hydrogen-bond acceptors (Lipinski definition) is 5. The van der Waals surface area contributed by atoms with Crippen molar-refractivity contribution in [2.75, 3.05) is 53.6 Å². The Labute approximate surface area is 185 Å². The second-order valence-electron chi connectivity index (χ2n) is 7.18. The van der Waals surface area contributed by atoms with E-state index in [0.29, 0.717) is 12.5 Å². The lowest BCUT2D eigenvalue weighted by Gasteiger charge is -2.34. The summed E-state index contributed by atoms with van der Waals surface area (Å²) in [5.41, 5.74) is 7.25. The Balaban J connectivity index is 0.00000280. The number of hydrogen-bond donors (Lipinski definition) is 2. The predicted molar refractivity (Wildman–Crippen MR) is 122 cm³/mol. The van der Waals surface area contributed by atoms with E-state index in [1.165, 1.54) is 19.3 Å². The standard InChI is InChI=1S/C20H32N4O3.HI/c1-25-18-7-6-16(12-19(18)26-2)17(24-8-10-27-11-9-24)14-23-20(21)22-13-15-4-3-5-15;/h6-7,12,15,17H,3-5,8-11,13-14H2,1-2H3,(H3,21,22,23);1H. The molecule has 0 bridgehead atoms. The number of halogens is 1. The Morgan fingerprint density at radius 3 is 2.57 bits per heavy atom. The van der Waals surface area contributed by atoms with Crippen LogP contribution in [0.3, 0.4) is 0 Å². The maximum absolute atomic E-state index is 6.11. The number of rotatable bonds is 8. The SMILES string of the molecule is COc1ccc(C(CN=C(N)NCC2CCC2)N2CCOCC2)cc1OC.I. The van der Waals surface area contributed by atoms with Gasteiger partial charge in [-0.2, -0.15) is 0 Å². The van der Waals surface area contributed by atoms with Crippen LogP contribution in [0, 0.1) is 5.92 Å². The third-order valence-corrected chi connectivity index (χ3v) is 5.51. The van der Waals surface area contributed by atoms with Crippen LogP contribution >= 0.6 is 24.0 Å². The zero-order valence-electron chi connectivity index (χ0n) is 16.9. The molecule has 1 aliphatic carbocycles. The molecule has 1 aromatic carbocycles. The molecule has 3 rings (SSSR count). The number of methoxy groups -OCH3 is 2. The van der Waals surface area contributed by atoms with E-state index in [0.717, 1.165) is 55.8 Å². The third kappa shape index (κ3) is 6.12. The fourth-order valence-corrected chi connectivity index (χ4v) is 3.57. The van der Waals surface area contributed by atoms with Crippen LogP contribution in [-0.4, -0.2) is 64.5 Å². The summed E-state index contributed by atoms with van der Waals surface area (Å²) in [4.78, 5) is 7.03. The molecule has 2 aliphatic rings. The average Bonchev–Trinajstić information content (AvgIpc) is 2.67. The van der Waals surface area contributed by atoms with Gasteiger partial charge in [0.05, 0.1) is 40.0 Å². The first-order valence-corrected chi connectivity index (χ1v) is 9.78. The molecule has 1 saturated carbocycles. The van der Waals surface area contributed by atoms with Crippen molar-refractivity contribution in [1.82, 2.24) is 10.2 Å². The minimum atomic E-state index is 0. The van der Waals surface area contributed by atoms with E-state index in [9.17, 15) is 0 Å². The van der Waals surface area contributed by atoms with Gasteiger partial charge in [0.15, 0.2) is 17.5 Å². The highest BCUT2D eigenvalue weighted by Crippen LogP contribution is 2.32. The van der Waals surface area contributed by atoms with Crippen molar-refractivity contribution in [1.29, 1.82) is 0 Å². The molecule has 0 spiro atoms. The summed E-state index contributed by atoms with van der Waals surface area (Å²) in [5.74, 6) is 2.74. The Kier molecular flexibility index (Phi) is 9.60. The monoisotopic (exact) mass is 504 g/mol. The second-order valence-corrected chi connectivity index (χ2v) is 7.18. The molecule has 0 radical (unpaired) electrons. The van der Waals surface area contributed by atoms with Gasteiger partial charge in [0.25, 0.3) is 0 Å². The highest BCUT2D eigenvalue weighted by molar-refractivity contribution is 14.0. The van der Waals surface area contributed by atoms with Crippen LogP contribution < -0.4 is 20.5 Å². The van der Waals surface area contributed by atoms with Crippen LogP contribution in [0.25, 0.3) is 0 Å². The fraction of sp³-hybridized carbons (Fsp3) is 0.650. The summed E-state index contributed by atoms with van der Waals surface area (Å²) < 4.78 is 16.4. The van der Waals surface area contributed by atoms with Crippen molar-refractivity contribution in [2.24, 2.45) is 16.6 Å². The molecule has 28 heavy (non-hydrogen) atoms. The molecule has 1 atom stereocenters. The van der Waals surface area contributed by atoms with Crippen LogP contribution in [0.2, 0.25) is 0 Å². The maximum atomic E-state index is 6.11. The van der Waals surface area contributed by atoms with Gasteiger partial charge in [0.1, 0.15) is 0 Å². The quantitative estimate of drug-likeness (QED) is 0.322. The Hall–Kier alpha value is -1.26. The van der Waals surface area contributed by atoms with E-state index in [-0.39, 0.29) is 30.0 Å². The van der Waals surface area contributed by atoms with Crippen LogP contribution in [-0.2, 0) is 4.74 Å². The van der Waals surface area contributed by atoms with Crippen LogP contribution in [0.15, 0.2) is 23.2 Å². The minimum absolute atomic E-state index is 0. The summed E-state index contributed by atoms with van der Waals surface area (Å²) in [6.45, 7) is 4.76. The summed E-state index contributed by atoms with van der Waals surface area (Å²) in [5, 5.41) is 3.27. The van der Waals surface area contributed by atoms with Crippen LogP contribution in [0.4, 0.5) is 0 Å². The zero-order valence-corrected chi connectivity index (χ0v) is 19.2. The van der Waals surface area contributed by atoms with E-state index in [1.807, 2.05) is 12.1 Å². The Morgan fingerprint density at radius 1 is 1.25 bits per heavy atom. The lowest BCUT2D eigenvalue weighted by molar-refractivity contribution is 0.0179. The molecule has 8 heteroatoms. The topological polar surface area (TPSA) is 81.3 Å². The van der Waals surface area contributed by atoms with Crippen molar-refractivity contribution < 1.29 is 14.2 Å². The molecule has 1 aromatic rings. The molecule has 1 saturated heterocycles. The number of nitrogens with one attached hydrogen (secondary N) is 1. The summed E-state index contributed by atoms with van der Waals surface area (Å²) in [7, 11) is 3.31. The molecule has 7 nitrogen and oxygen atoms in total. The van der Waals surface area contributed by atoms with Crippen molar-refractivity contribution in [3.8, 4) is 11.5 Å². The van der Waals surface area contributed by atoms with Crippen molar-refractivity contribution in [3.05, 3.63) is 23.8 Å². The molecular formula is C20H33IN4O3. The number of ether oxygens (including phenoxy) is 3. The lowest BCUT2D eigenvalue weighted by atomic mass is 9.85. The summed E-state index contributed by atoms with van der Waals surface area (Å²) >= 11 is 0. The molecule has 1 aliphatic heterocycles. The van der Waals surface area contributed by atoms with E-state index < -0.39 is 0 Å². The van der Waals surface area contributed by atoms with Gasteiger partial charge in [0.2, 0.25) is 0 Å². The van der Waals surface area contributed by atoms with Gasteiger partial charge < -0.3 is 25.3 Å². The number of benzene rings is 1. The summed E-state index contributed by atoms with van der Waals surface area (Å²) in [6, 6.07) is 6.18. The lowest BCUT2D eigenvalue weighted by Crippen LogP contribution is -2.41. The summed E-state index contributed by atoms with van der Waals surface area (Å²) in [6.07, 6.45) is 3.92. The predicted octanol–water partition coefficient (Wildman–Crippen LogP) is 2.40. The molecular weight excluding hydrogens is 471 g/mol. The van der Waals surface area contributed by atoms with Gasteiger partial charge in [-0.1, -0.05) is 12.5 Å². The third-order valence-electron chi connectivity index (χ3n) is 5.51. The first kappa shape index (κ1) is 23.0. The molecule has 2 fully saturated rings. The van der Waals surface area contributed by atoms with Gasteiger partial charge in [-0.3, -0.25) is 9.89 Å². The molecule has 3 N–H and O–H groups in total. The number of nitrogens with two attached hydrogens (primary N) is 1. The minimum Gasteiger partial charge on any atom is -0.493 e. The Morgan fingerprint density at radius 2 is 1.96 bits per heavy atom. The molecule has 1 unspecified atom stereocenters. The molecule has 1 heterocycles. The van der Waals surface area contributed by atoms with E-state index in [4.69, 9.17) is 19.9 Å². The first-order chi connectivity index (χ1) is 13.2. The number of guanidine groups is 1. The Bertz CT molecular complexity index is 634. The molecule has 158 valence electrons. The van der Waals surface area contributed by atoms with Crippen LogP contribution in [0.5, 0.6) is 11.5 Å². The zero-order chi connectivity index (χ0) is 19.1. The van der Waals surface area contributed by atoms with Crippen molar-refractivity contribution in [3.63, 3.8) is 0 Å². The number of aliphatic imine (C=N–C) groups is 1. The van der Waals surface area contributed by atoms with E-state index >= 15 is 0 Å². The largest absolute Gasteiger partial charge is 0.493 e. The highest BCUT2D eigenvalue weighted by Gasteiger charge is 2.24. The molecule has 0 aromatic heterocycles. The van der Waals surface area contributed by atoms with E-state index in [2.05, 4.69) is 21.3 Å². The highest BCUT2D eigenvalue weighted by atomic mass is 127. The first-order valence-electron chi connectivity index (χ1n) is 9.78. The maximum Gasteiger partial charge on any atom is 0.188 e. The van der Waals surface area contributed by atoms with E-state index in [1.54, 1.807) is 14.2 Å². The van der Waals surface area contributed by atoms with Gasteiger partial charge in [-0.05, 0) is 36.5 Å². The average molecular weight is 504 g/mol. The molecule has 0 amide bonds. The number of morpholine rings is 1. The van der Waals surface area contributed by atoms with Gasteiger partial charge in [-0.15, -0.1) is 24.0 Å². The fourth-order valence-electron chi connectivity index (χ4n) is 3.57. The van der Waals surface area contributed by atoms with Gasteiger partial charge in [-0.25, -0.2) is 0 Å². The van der Waals surface area contributed by atoms with Gasteiger partial charge in [0, 0.05) is 19.6 Å². The van der Waals surface area contributed by atoms with Crippen LogP contribution in [0.1, 0.15) is 30.9 Å². The van der Waals surface area contributed by atoms with Crippen molar-refractivity contribution >= 4 is 29.9 Å². The number of nitrogens with zero attached hydrogens (tertiary/aromatic N) is 2. The van der Waals surface area contributed by atoms with Gasteiger partial charge >= 0.3 is 0 Å². The second kappa shape index (κ2) is 11.7. The normalized spacial score (nSPS) is 19.3. The van der Waals surface area contributed by atoms with Crippen molar-refractivity contribution in [2.45, 2.75) is 25.3 Å².